The minimum Gasteiger partial charge on any atom is -0.393 e. The van der Waals surface area contributed by atoms with Gasteiger partial charge in [-0.15, -0.1) is 11.3 Å². The van der Waals surface area contributed by atoms with Gasteiger partial charge in [-0.3, -0.25) is 4.79 Å². The van der Waals surface area contributed by atoms with Gasteiger partial charge in [0.25, 0.3) is 0 Å². The number of hydrogen-bond donors (Lipinski definition) is 3. The van der Waals surface area contributed by atoms with Gasteiger partial charge in [-0.25, -0.2) is 4.79 Å². The van der Waals surface area contributed by atoms with Crippen molar-refractivity contribution in [3.63, 3.8) is 0 Å². The molecule has 2 aromatic rings. The van der Waals surface area contributed by atoms with Crippen molar-refractivity contribution in [3.05, 3.63) is 82.1 Å². The Labute approximate surface area is 278 Å². The fourth-order valence-electron chi connectivity index (χ4n) is 10.9. The number of hydrogen-bond acceptors (Lipinski definition) is 5. The third kappa shape index (κ3) is 4.55. The third-order valence-corrected chi connectivity index (χ3v) is 14.3. The molecule has 6 nitrogen and oxygen atoms in total. The molecule has 3 N–H and O–H groups in total. The Morgan fingerprint density at radius 1 is 0.978 bits per heavy atom. The second kappa shape index (κ2) is 11.2. The second-order valence-corrected chi connectivity index (χ2v) is 16.9. The van der Waals surface area contributed by atoms with Crippen LogP contribution in [0, 0.1) is 33.5 Å². The Morgan fingerprint density at radius 2 is 1.70 bits per heavy atom. The highest BCUT2D eigenvalue weighted by molar-refractivity contribution is 7.09. The van der Waals surface area contributed by atoms with Crippen LogP contribution in [0.1, 0.15) is 87.9 Å². The van der Waals surface area contributed by atoms with E-state index >= 15 is 0 Å². The summed E-state index contributed by atoms with van der Waals surface area (Å²) in [6.45, 7) is 9.41. The first kappa shape index (κ1) is 31.8. The molecule has 1 unspecified atom stereocenters. The van der Waals surface area contributed by atoms with Crippen LogP contribution in [0.2, 0.25) is 0 Å². The van der Waals surface area contributed by atoms with Gasteiger partial charge in [0.05, 0.1) is 18.2 Å². The van der Waals surface area contributed by atoms with Crippen LogP contribution in [-0.2, 0) is 6.42 Å². The van der Waals surface area contributed by atoms with Gasteiger partial charge in [-0.05, 0) is 93.9 Å². The lowest BCUT2D eigenvalue weighted by Gasteiger charge is -2.71. The molecule has 1 heterocycles. The van der Waals surface area contributed by atoms with Crippen LogP contribution < -0.4 is 5.32 Å². The molecule has 246 valence electrons. The SMILES string of the molecule is CC(C)NC(=O)N(CCc1cccs1)C[C@]1(O)CC[C@H]2[C@]34C=C[C@@]5(C=C3C(=O)c3ccccc3)CC(O)CC[C@]5(C)[C@H]4CC[C@@]21C. The summed E-state index contributed by atoms with van der Waals surface area (Å²) in [5.74, 6) is 0.364. The van der Waals surface area contributed by atoms with Gasteiger partial charge in [-0.2, -0.15) is 0 Å². The number of Topliss-reactive ketones (excluding diaryl/α,β-unsaturated/α-hetero) is 1. The van der Waals surface area contributed by atoms with E-state index in [9.17, 15) is 19.8 Å². The highest BCUT2D eigenvalue weighted by atomic mass is 32.1. The second-order valence-electron chi connectivity index (χ2n) is 15.9. The summed E-state index contributed by atoms with van der Waals surface area (Å²) in [5.41, 5.74) is -0.963. The number of amides is 2. The molecule has 8 rings (SSSR count). The standard InChI is InChI=1S/C39H50N2O4S/c1-26(2)40-34(44)41(21-15-29-11-8-22-46-29)25-38(45)18-14-32-36(38,4)17-13-31-35(3)16-12-28(42)23-37(35)19-20-39(31,32)30(24-37)33(43)27-9-6-5-7-10-27/h5-11,19-20,22,24,26,28,31-32,42,45H,12-18,21,23,25H2,1-4H3,(H,40,44)/t28?,31-,32-,35-,36+,37+,38-,39-/m1/s1. The summed E-state index contributed by atoms with van der Waals surface area (Å²) < 4.78 is 0. The van der Waals surface area contributed by atoms with Crippen LogP contribution in [0.5, 0.6) is 0 Å². The van der Waals surface area contributed by atoms with E-state index in [1.165, 1.54) is 4.88 Å². The van der Waals surface area contributed by atoms with Gasteiger partial charge in [0.1, 0.15) is 0 Å². The van der Waals surface area contributed by atoms with Crippen LogP contribution in [0.25, 0.3) is 0 Å². The number of fused-ring (bicyclic) bond motifs is 1. The zero-order valence-corrected chi connectivity index (χ0v) is 28.6. The molecule has 2 spiro atoms. The van der Waals surface area contributed by atoms with Crippen molar-refractivity contribution in [1.82, 2.24) is 10.2 Å². The molecule has 2 amide bonds. The number of thiophene rings is 1. The highest BCUT2D eigenvalue weighted by Crippen LogP contribution is 2.78. The molecule has 3 fully saturated rings. The number of benzene rings is 1. The molecule has 0 saturated heterocycles. The van der Waals surface area contributed by atoms with E-state index in [0.717, 1.165) is 44.1 Å². The van der Waals surface area contributed by atoms with Crippen molar-refractivity contribution < 1.29 is 19.8 Å². The first-order chi connectivity index (χ1) is 21.9. The van der Waals surface area contributed by atoms with Crippen molar-refractivity contribution in [1.29, 1.82) is 0 Å². The van der Waals surface area contributed by atoms with Crippen molar-refractivity contribution in [2.45, 2.75) is 96.8 Å². The fourth-order valence-corrected chi connectivity index (χ4v) is 11.6. The lowest BCUT2D eigenvalue weighted by molar-refractivity contribution is -0.174. The summed E-state index contributed by atoms with van der Waals surface area (Å²) in [6.07, 6.45) is 12.8. The van der Waals surface area contributed by atoms with Crippen molar-refractivity contribution in [2.24, 2.45) is 33.5 Å². The predicted molar refractivity (Wildman–Crippen MR) is 183 cm³/mol. The molecule has 3 saturated carbocycles. The number of nitrogens with one attached hydrogen (secondary N) is 1. The zero-order valence-electron chi connectivity index (χ0n) is 27.8. The quantitative estimate of drug-likeness (QED) is 0.210. The van der Waals surface area contributed by atoms with Crippen LogP contribution in [0.4, 0.5) is 4.79 Å². The maximum absolute atomic E-state index is 14.6. The van der Waals surface area contributed by atoms with Crippen LogP contribution in [0.15, 0.2) is 71.6 Å². The maximum atomic E-state index is 14.6. The number of allylic oxidation sites excluding steroid dienone is 4. The van der Waals surface area contributed by atoms with E-state index in [1.54, 1.807) is 11.3 Å². The average molecular weight is 643 g/mol. The number of urea groups is 1. The number of aliphatic hydroxyl groups is 2. The fraction of sp³-hybridized carbons (Fsp3) is 0.590. The molecule has 6 aliphatic carbocycles. The number of ketones is 1. The van der Waals surface area contributed by atoms with E-state index in [-0.39, 0.29) is 53.2 Å². The topological polar surface area (TPSA) is 89.9 Å². The summed E-state index contributed by atoms with van der Waals surface area (Å²) >= 11 is 1.70. The molecule has 1 aromatic heterocycles. The monoisotopic (exact) mass is 642 g/mol. The molecular formula is C39H50N2O4S. The number of aliphatic hydroxyl groups excluding tert-OH is 1. The molecule has 2 bridgehead atoms. The number of nitrogens with zero attached hydrogens (tertiary/aromatic N) is 1. The highest BCUT2D eigenvalue weighted by Gasteiger charge is 2.74. The minimum atomic E-state index is -1.09. The van der Waals surface area contributed by atoms with Crippen LogP contribution in [-0.4, -0.2) is 57.8 Å². The van der Waals surface area contributed by atoms with E-state index in [2.05, 4.69) is 48.8 Å². The number of carbonyl (C=O) groups is 2. The van der Waals surface area contributed by atoms with E-state index in [1.807, 2.05) is 55.1 Å². The summed E-state index contributed by atoms with van der Waals surface area (Å²) in [4.78, 5) is 31.3. The van der Waals surface area contributed by atoms with Gasteiger partial charge in [0.2, 0.25) is 0 Å². The number of carbonyl (C=O) groups excluding carboxylic acids is 2. The maximum Gasteiger partial charge on any atom is 0.317 e. The molecule has 1 aromatic carbocycles. The van der Waals surface area contributed by atoms with Crippen LogP contribution in [0.3, 0.4) is 0 Å². The molecule has 6 aliphatic rings. The lowest BCUT2D eigenvalue weighted by atomic mass is 9.32. The summed E-state index contributed by atoms with van der Waals surface area (Å²) in [6, 6.07) is 13.6. The van der Waals surface area contributed by atoms with E-state index in [4.69, 9.17) is 0 Å². The molecule has 7 heteroatoms. The van der Waals surface area contributed by atoms with Gasteiger partial charge in [0.15, 0.2) is 5.78 Å². The Morgan fingerprint density at radius 3 is 2.41 bits per heavy atom. The first-order valence-electron chi connectivity index (χ1n) is 17.4. The molecule has 46 heavy (non-hydrogen) atoms. The van der Waals surface area contributed by atoms with E-state index < -0.39 is 16.4 Å². The molecule has 8 atom stereocenters. The van der Waals surface area contributed by atoms with Gasteiger partial charge in [0, 0.05) is 44.8 Å². The van der Waals surface area contributed by atoms with Crippen molar-refractivity contribution in [3.8, 4) is 0 Å². The van der Waals surface area contributed by atoms with Crippen LogP contribution >= 0.6 is 11.3 Å². The first-order valence-corrected chi connectivity index (χ1v) is 18.3. The molecular weight excluding hydrogens is 593 g/mol. The minimum absolute atomic E-state index is 0.00560. The Hall–Kier alpha value is -2.74. The van der Waals surface area contributed by atoms with E-state index in [0.29, 0.717) is 24.9 Å². The van der Waals surface area contributed by atoms with Gasteiger partial charge in [-0.1, -0.05) is 68.5 Å². The lowest BCUT2D eigenvalue weighted by Crippen LogP contribution is -2.67. The Kier molecular flexibility index (Phi) is 7.73. The largest absolute Gasteiger partial charge is 0.393 e. The summed E-state index contributed by atoms with van der Waals surface area (Å²) in [5, 5.41) is 29.0. The smallest absolute Gasteiger partial charge is 0.317 e. The van der Waals surface area contributed by atoms with Crippen molar-refractivity contribution in [2.75, 3.05) is 13.1 Å². The number of rotatable bonds is 8. The normalized spacial score (nSPS) is 38.9. The summed E-state index contributed by atoms with van der Waals surface area (Å²) in [7, 11) is 0. The Balaban J connectivity index is 1.29. The van der Waals surface area contributed by atoms with Crippen molar-refractivity contribution >= 4 is 23.2 Å². The van der Waals surface area contributed by atoms with Gasteiger partial charge < -0.3 is 20.4 Å². The Bertz CT molecular complexity index is 1550. The average Bonchev–Trinajstić information content (AvgIpc) is 3.64. The van der Waals surface area contributed by atoms with Gasteiger partial charge >= 0.3 is 6.03 Å². The molecule has 0 radical (unpaired) electrons. The third-order valence-electron chi connectivity index (χ3n) is 13.4. The molecule has 0 aliphatic heterocycles. The zero-order chi connectivity index (χ0) is 32.5. The predicted octanol–water partition coefficient (Wildman–Crippen LogP) is 7.18.